The number of pyridine rings is 1. The van der Waals surface area contributed by atoms with E-state index in [1.54, 1.807) is 6.20 Å². The van der Waals surface area contributed by atoms with Gasteiger partial charge in [-0.05, 0) is 36.4 Å². The molecule has 0 aliphatic carbocycles. The number of aliphatic hydroxyl groups excluding tert-OH is 1. The van der Waals surface area contributed by atoms with Crippen molar-refractivity contribution in [2.45, 2.75) is 0 Å². The molecular formula is C22H18N2O2. The number of hydrogen-bond donors (Lipinski definition) is 1. The number of benzene rings is 2. The van der Waals surface area contributed by atoms with E-state index >= 15 is 0 Å². The lowest BCUT2D eigenvalue weighted by atomic mass is 10.1. The number of anilines is 1. The van der Waals surface area contributed by atoms with Gasteiger partial charge >= 0.3 is 5.91 Å². The quantitative estimate of drug-likeness (QED) is 0.741. The second-order valence-electron chi connectivity index (χ2n) is 5.56. The standard InChI is InChI=1S/C22H18N2O2/c25-17-16-24(20-6-2-1-3-7-20)22(26)14-11-18-9-12-19(13-10-18)21-8-4-5-15-23-21/h1-10,12-13,15,25H,16-17H2. The topological polar surface area (TPSA) is 53.4 Å². The van der Waals surface area contributed by atoms with Crippen molar-refractivity contribution in [2.24, 2.45) is 0 Å². The van der Waals surface area contributed by atoms with Crippen LogP contribution in [0, 0.1) is 11.8 Å². The third-order valence-electron chi connectivity index (χ3n) is 3.80. The number of carbonyl (C=O) groups excluding carboxylic acids is 1. The van der Waals surface area contributed by atoms with E-state index in [2.05, 4.69) is 16.8 Å². The van der Waals surface area contributed by atoms with Crippen LogP contribution in [0.5, 0.6) is 0 Å². The predicted molar refractivity (Wildman–Crippen MR) is 102 cm³/mol. The van der Waals surface area contributed by atoms with Crippen LogP contribution in [0.1, 0.15) is 5.56 Å². The third-order valence-corrected chi connectivity index (χ3v) is 3.80. The van der Waals surface area contributed by atoms with Gasteiger partial charge in [-0.25, -0.2) is 0 Å². The largest absolute Gasteiger partial charge is 0.395 e. The van der Waals surface area contributed by atoms with E-state index in [4.69, 9.17) is 0 Å². The van der Waals surface area contributed by atoms with Gasteiger partial charge in [0.25, 0.3) is 0 Å². The summed E-state index contributed by atoms with van der Waals surface area (Å²) < 4.78 is 0. The number of amides is 1. The van der Waals surface area contributed by atoms with Gasteiger partial charge in [-0.15, -0.1) is 0 Å². The molecule has 1 heterocycles. The lowest BCUT2D eigenvalue weighted by molar-refractivity contribution is -0.113. The summed E-state index contributed by atoms with van der Waals surface area (Å²) in [5.74, 6) is 5.19. The minimum Gasteiger partial charge on any atom is -0.395 e. The first-order valence-electron chi connectivity index (χ1n) is 8.29. The molecule has 0 saturated carbocycles. The first-order valence-corrected chi connectivity index (χ1v) is 8.29. The number of rotatable bonds is 4. The average Bonchev–Trinajstić information content (AvgIpc) is 2.72. The van der Waals surface area contributed by atoms with Crippen LogP contribution in [-0.4, -0.2) is 29.1 Å². The van der Waals surface area contributed by atoms with Gasteiger partial charge in [0.1, 0.15) is 0 Å². The van der Waals surface area contributed by atoms with E-state index in [9.17, 15) is 9.90 Å². The number of para-hydroxylation sites is 1. The van der Waals surface area contributed by atoms with Crippen molar-refractivity contribution in [2.75, 3.05) is 18.1 Å². The molecule has 0 aliphatic heterocycles. The molecule has 0 bridgehead atoms. The Morgan fingerprint density at radius 1 is 0.962 bits per heavy atom. The van der Waals surface area contributed by atoms with Gasteiger partial charge in [0, 0.05) is 35.5 Å². The maximum Gasteiger partial charge on any atom is 0.303 e. The van der Waals surface area contributed by atoms with Gasteiger partial charge in [0.2, 0.25) is 0 Å². The zero-order valence-electron chi connectivity index (χ0n) is 14.2. The molecule has 0 atom stereocenters. The van der Waals surface area contributed by atoms with Crippen LogP contribution in [0.25, 0.3) is 11.3 Å². The Balaban J connectivity index is 1.76. The second kappa shape index (κ2) is 8.61. The number of carbonyl (C=O) groups is 1. The van der Waals surface area contributed by atoms with Crippen LogP contribution >= 0.6 is 0 Å². The summed E-state index contributed by atoms with van der Waals surface area (Å²) >= 11 is 0. The van der Waals surface area contributed by atoms with Crippen LogP contribution in [0.3, 0.4) is 0 Å². The minimum absolute atomic E-state index is 0.124. The van der Waals surface area contributed by atoms with Crippen LogP contribution in [0.15, 0.2) is 79.0 Å². The molecule has 0 unspecified atom stereocenters. The lowest BCUT2D eigenvalue weighted by Gasteiger charge is -2.18. The number of aliphatic hydroxyl groups is 1. The van der Waals surface area contributed by atoms with Gasteiger partial charge in [-0.1, -0.05) is 42.3 Å². The van der Waals surface area contributed by atoms with Gasteiger partial charge in [0.15, 0.2) is 0 Å². The van der Waals surface area contributed by atoms with Gasteiger partial charge in [-0.2, -0.15) is 0 Å². The zero-order chi connectivity index (χ0) is 18.2. The van der Waals surface area contributed by atoms with Crippen LogP contribution < -0.4 is 4.90 Å². The molecule has 2 aromatic carbocycles. The molecule has 0 saturated heterocycles. The van der Waals surface area contributed by atoms with E-state index in [0.717, 1.165) is 16.8 Å². The van der Waals surface area contributed by atoms with Gasteiger partial charge in [-0.3, -0.25) is 14.7 Å². The Labute approximate surface area is 152 Å². The summed E-state index contributed by atoms with van der Waals surface area (Å²) in [6.45, 7) is 0.0806. The zero-order valence-corrected chi connectivity index (χ0v) is 14.2. The highest BCUT2D eigenvalue weighted by molar-refractivity contribution is 6.06. The maximum absolute atomic E-state index is 12.4. The Bertz CT molecular complexity index is 911. The van der Waals surface area contributed by atoms with Crippen molar-refractivity contribution in [3.8, 4) is 23.1 Å². The summed E-state index contributed by atoms with van der Waals surface area (Å²) in [6, 6.07) is 22.5. The summed E-state index contributed by atoms with van der Waals surface area (Å²) in [7, 11) is 0. The van der Waals surface area contributed by atoms with Crippen molar-refractivity contribution >= 4 is 11.6 Å². The summed E-state index contributed by atoms with van der Waals surface area (Å²) in [6.07, 6.45) is 1.75. The predicted octanol–water partition coefficient (Wildman–Crippen LogP) is 3.13. The van der Waals surface area contributed by atoms with E-state index < -0.39 is 0 Å². The monoisotopic (exact) mass is 342 g/mol. The Morgan fingerprint density at radius 2 is 1.69 bits per heavy atom. The smallest absolute Gasteiger partial charge is 0.303 e. The van der Waals surface area contributed by atoms with E-state index in [1.807, 2.05) is 72.8 Å². The highest BCUT2D eigenvalue weighted by atomic mass is 16.3. The fourth-order valence-corrected chi connectivity index (χ4v) is 2.51. The van der Waals surface area contributed by atoms with Crippen LogP contribution in [0.2, 0.25) is 0 Å². The second-order valence-corrected chi connectivity index (χ2v) is 5.56. The molecule has 4 heteroatoms. The molecule has 3 aromatic rings. The van der Waals surface area contributed by atoms with Crippen LogP contribution in [-0.2, 0) is 4.79 Å². The first kappa shape index (κ1) is 17.4. The maximum atomic E-state index is 12.4. The number of aromatic nitrogens is 1. The molecule has 128 valence electrons. The fourth-order valence-electron chi connectivity index (χ4n) is 2.51. The molecule has 0 spiro atoms. The molecule has 3 rings (SSSR count). The normalized spacial score (nSPS) is 9.88. The average molecular weight is 342 g/mol. The van der Waals surface area contributed by atoms with Gasteiger partial charge in [0.05, 0.1) is 12.3 Å². The first-order chi connectivity index (χ1) is 12.8. The Kier molecular flexibility index (Phi) is 5.76. The Morgan fingerprint density at radius 3 is 2.35 bits per heavy atom. The highest BCUT2D eigenvalue weighted by Gasteiger charge is 2.12. The molecule has 0 aliphatic rings. The summed E-state index contributed by atoms with van der Waals surface area (Å²) in [5.41, 5.74) is 3.34. The molecule has 1 amide bonds. The van der Waals surface area contributed by atoms with Gasteiger partial charge < -0.3 is 5.11 Å². The third kappa shape index (κ3) is 4.35. The molecule has 0 radical (unpaired) electrons. The van der Waals surface area contributed by atoms with Crippen molar-refractivity contribution in [1.82, 2.24) is 4.98 Å². The minimum atomic E-state index is -0.348. The molecule has 26 heavy (non-hydrogen) atoms. The molecule has 1 aromatic heterocycles. The molecular weight excluding hydrogens is 324 g/mol. The summed E-state index contributed by atoms with van der Waals surface area (Å²) in [5, 5.41) is 9.22. The number of hydrogen-bond acceptors (Lipinski definition) is 3. The van der Waals surface area contributed by atoms with Crippen molar-refractivity contribution < 1.29 is 9.90 Å². The number of nitrogens with zero attached hydrogens (tertiary/aromatic N) is 2. The van der Waals surface area contributed by atoms with Crippen molar-refractivity contribution in [1.29, 1.82) is 0 Å². The fraction of sp³-hybridized carbons (Fsp3) is 0.0909. The van der Waals surface area contributed by atoms with Crippen molar-refractivity contribution in [3.63, 3.8) is 0 Å². The van der Waals surface area contributed by atoms with Crippen molar-refractivity contribution in [3.05, 3.63) is 84.6 Å². The molecule has 0 fully saturated rings. The van der Waals surface area contributed by atoms with Crippen LogP contribution in [0.4, 0.5) is 5.69 Å². The highest BCUT2D eigenvalue weighted by Crippen LogP contribution is 2.16. The summed E-state index contributed by atoms with van der Waals surface area (Å²) in [4.78, 5) is 18.2. The molecule has 4 nitrogen and oxygen atoms in total. The van der Waals surface area contributed by atoms with E-state index in [0.29, 0.717) is 5.69 Å². The van der Waals surface area contributed by atoms with E-state index in [1.165, 1.54) is 4.90 Å². The molecule has 1 N–H and O–H groups in total. The SMILES string of the molecule is O=C(C#Cc1ccc(-c2ccccn2)cc1)N(CCO)c1ccccc1. The Hall–Kier alpha value is -3.42. The van der Waals surface area contributed by atoms with E-state index in [-0.39, 0.29) is 19.1 Å². The lowest BCUT2D eigenvalue weighted by Crippen LogP contribution is -2.32.